The van der Waals surface area contributed by atoms with Gasteiger partial charge in [0.1, 0.15) is 5.60 Å². The topological polar surface area (TPSA) is 54.0 Å². The van der Waals surface area contributed by atoms with Gasteiger partial charge in [0, 0.05) is 6.42 Å². The Bertz CT molecular complexity index is 1260. The quantitative estimate of drug-likeness (QED) is 0.156. The first-order valence-corrected chi connectivity index (χ1v) is 28.5. The van der Waals surface area contributed by atoms with Gasteiger partial charge in [-0.25, -0.2) is 4.79 Å². The molecule has 5 nitrogen and oxygen atoms in total. The van der Waals surface area contributed by atoms with Crippen LogP contribution in [-0.4, -0.2) is 55.3 Å². The number of carbonyl (C=O) groups excluding carboxylic acids is 1. The van der Waals surface area contributed by atoms with Crippen molar-refractivity contribution in [2.45, 2.75) is 188 Å². The highest BCUT2D eigenvalue weighted by atomic mass is 28.4. The van der Waals surface area contributed by atoms with Crippen LogP contribution in [0, 0.1) is 23.2 Å². The van der Waals surface area contributed by atoms with E-state index in [0.29, 0.717) is 24.4 Å². The van der Waals surface area contributed by atoms with Crippen molar-refractivity contribution >= 4 is 30.9 Å². The van der Waals surface area contributed by atoms with Gasteiger partial charge in [-0.1, -0.05) is 79.7 Å². The molecule has 0 aromatic carbocycles. The van der Waals surface area contributed by atoms with E-state index in [1.807, 2.05) is 13.8 Å². The smallest absolute Gasteiger partial charge is 0.336 e. The lowest BCUT2D eigenvalue weighted by Crippen LogP contribution is -2.49. The molecule has 3 saturated carbocycles. The van der Waals surface area contributed by atoms with Gasteiger partial charge in [-0.3, -0.25) is 0 Å². The van der Waals surface area contributed by atoms with Gasteiger partial charge in [0.05, 0.1) is 18.8 Å². The first-order valence-electron chi connectivity index (χ1n) is 19.3. The highest BCUT2D eigenvalue weighted by molar-refractivity contribution is 6.74. The van der Waals surface area contributed by atoms with E-state index in [-0.39, 0.29) is 33.7 Å². The Hall–Kier alpha value is -0.779. The molecule has 0 aromatic rings. The number of ether oxygens (including phenoxy) is 1. The van der Waals surface area contributed by atoms with Crippen molar-refractivity contribution in [2.24, 2.45) is 23.2 Å². The van der Waals surface area contributed by atoms with Crippen LogP contribution in [0.4, 0.5) is 0 Å². The minimum atomic E-state index is -2.01. The van der Waals surface area contributed by atoms with E-state index < -0.39 is 30.6 Å². The van der Waals surface area contributed by atoms with Crippen molar-refractivity contribution in [1.29, 1.82) is 0 Å². The molecule has 0 bridgehead atoms. The van der Waals surface area contributed by atoms with Crippen LogP contribution in [0.15, 0.2) is 35.5 Å². The van der Waals surface area contributed by atoms with Crippen LogP contribution in [0.25, 0.3) is 0 Å². The Morgan fingerprint density at radius 1 is 0.918 bits per heavy atom. The molecule has 282 valence electrons. The van der Waals surface area contributed by atoms with Crippen LogP contribution in [-0.2, 0) is 22.8 Å². The number of allylic oxidation sites excluding steroid dienone is 3. The van der Waals surface area contributed by atoms with Gasteiger partial charge < -0.3 is 18.0 Å². The van der Waals surface area contributed by atoms with E-state index in [2.05, 4.69) is 120 Å². The molecule has 3 aliphatic rings. The van der Waals surface area contributed by atoms with Gasteiger partial charge in [0.25, 0.3) is 0 Å². The van der Waals surface area contributed by atoms with Gasteiger partial charge in [0.15, 0.2) is 25.0 Å². The summed E-state index contributed by atoms with van der Waals surface area (Å²) < 4.78 is 26.3. The molecule has 3 rings (SSSR count). The van der Waals surface area contributed by atoms with Crippen molar-refractivity contribution in [3.8, 4) is 0 Å². The van der Waals surface area contributed by atoms with Gasteiger partial charge in [0.2, 0.25) is 0 Å². The zero-order valence-corrected chi connectivity index (χ0v) is 37.9. The van der Waals surface area contributed by atoms with E-state index in [9.17, 15) is 4.79 Å². The second-order valence-corrected chi connectivity index (χ2v) is 34.6. The summed E-state index contributed by atoms with van der Waals surface area (Å²) in [4.78, 5) is 13.1. The van der Waals surface area contributed by atoms with Crippen LogP contribution < -0.4 is 0 Å². The largest absolute Gasteiger partial charge is 0.463 e. The number of fused-ring (bicyclic) bond motifs is 1. The number of esters is 1. The van der Waals surface area contributed by atoms with E-state index >= 15 is 0 Å². The summed E-state index contributed by atoms with van der Waals surface area (Å²) in [6.45, 7) is 43.4. The zero-order chi connectivity index (χ0) is 37.6. The molecule has 0 radical (unpaired) electrons. The fourth-order valence-corrected chi connectivity index (χ4v) is 12.6. The molecule has 49 heavy (non-hydrogen) atoms. The Balaban J connectivity index is 1.83. The molecule has 3 aliphatic carbocycles. The van der Waals surface area contributed by atoms with Gasteiger partial charge >= 0.3 is 5.97 Å². The molecule has 6 atom stereocenters. The number of rotatable bonds is 11. The lowest BCUT2D eigenvalue weighted by atomic mass is 9.61. The fraction of sp³-hybridized carbons (Fsp3) is 0.829. The summed E-state index contributed by atoms with van der Waals surface area (Å²) in [7, 11) is -5.85. The fourth-order valence-electron chi connectivity index (χ4n) is 8.28. The molecule has 0 saturated heterocycles. The van der Waals surface area contributed by atoms with E-state index in [1.165, 1.54) is 31.3 Å². The second-order valence-electron chi connectivity index (χ2n) is 20.7. The predicted octanol–water partition coefficient (Wildman–Crippen LogP) is 12.0. The Morgan fingerprint density at radius 3 is 2.04 bits per heavy atom. The van der Waals surface area contributed by atoms with E-state index in [1.54, 1.807) is 5.57 Å². The summed E-state index contributed by atoms with van der Waals surface area (Å²) in [6, 6.07) is 0. The third-order valence-corrected chi connectivity index (χ3v) is 23.1. The normalized spacial score (nSPS) is 30.1. The predicted molar refractivity (Wildman–Crippen MR) is 215 cm³/mol. The highest BCUT2D eigenvalue weighted by Gasteiger charge is 2.51. The SMILES string of the molecule is C=C1C(=CC=C2CCC[C@@]3(C)C2CC[C@@H]3[C@@H](C)COC(=O)C(C)(C)O[Si](C)(C)C)C[C@@H](O[Si](C)(C)C(C)(C)C)C[C@@H]1O[Si](C)(C)C(C)(C)C. The van der Waals surface area contributed by atoms with E-state index in [0.717, 1.165) is 24.8 Å². The van der Waals surface area contributed by atoms with Crippen LogP contribution in [0.2, 0.25) is 55.9 Å². The van der Waals surface area contributed by atoms with Crippen molar-refractivity contribution in [3.05, 3.63) is 35.5 Å². The summed E-state index contributed by atoms with van der Waals surface area (Å²) in [5.41, 5.74) is 3.34. The Labute approximate surface area is 305 Å². The lowest BCUT2D eigenvalue weighted by Gasteiger charge is -2.46. The molecular weight excluding hydrogens is 657 g/mol. The molecule has 0 aliphatic heterocycles. The summed E-state index contributed by atoms with van der Waals surface area (Å²) >= 11 is 0. The average molecular weight is 733 g/mol. The molecule has 3 fully saturated rings. The zero-order valence-electron chi connectivity index (χ0n) is 34.9. The minimum Gasteiger partial charge on any atom is -0.463 e. The molecule has 0 amide bonds. The van der Waals surface area contributed by atoms with Crippen molar-refractivity contribution in [1.82, 2.24) is 0 Å². The molecule has 0 heterocycles. The molecule has 0 aromatic heterocycles. The van der Waals surface area contributed by atoms with Crippen molar-refractivity contribution < 1.29 is 22.8 Å². The second kappa shape index (κ2) is 14.9. The van der Waals surface area contributed by atoms with Crippen molar-refractivity contribution in [3.63, 3.8) is 0 Å². The maximum absolute atomic E-state index is 13.1. The monoisotopic (exact) mass is 733 g/mol. The summed E-state index contributed by atoms with van der Waals surface area (Å²) in [6.07, 6.45) is 12.8. The average Bonchev–Trinajstić information content (AvgIpc) is 3.27. The maximum Gasteiger partial charge on any atom is 0.336 e. The summed E-state index contributed by atoms with van der Waals surface area (Å²) in [5, 5.41) is 0.285. The third-order valence-electron chi connectivity index (χ3n) is 13.0. The first kappa shape index (κ1) is 42.6. The van der Waals surface area contributed by atoms with E-state index in [4.69, 9.17) is 18.0 Å². The molecule has 1 unspecified atom stereocenters. The maximum atomic E-state index is 13.1. The minimum absolute atomic E-state index is 0.00813. The van der Waals surface area contributed by atoms with Crippen LogP contribution in [0.3, 0.4) is 0 Å². The van der Waals surface area contributed by atoms with Crippen LogP contribution in [0.5, 0.6) is 0 Å². The van der Waals surface area contributed by atoms with Gasteiger partial charge in [-0.2, -0.15) is 0 Å². The standard InChI is InChI=1S/C41H76O5Si3/c1-29(28-43-37(42)40(9,10)46-47(12,13)14)34-23-24-35-31(20-19-25-41(34,35)11)21-22-32-26-33(44-48(15,16)38(3,4)5)27-36(30(32)2)45-49(17,18)39(6,7)8/h21-22,29,33-36H,2,19-20,23-28H2,1,3-18H3/t29-,33+,34+,35?,36-,41+/m0/s1. The Kier molecular flexibility index (Phi) is 13.0. The van der Waals surface area contributed by atoms with Crippen molar-refractivity contribution in [2.75, 3.05) is 6.61 Å². The molecule has 8 heteroatoms. The third kappa shape index (κ3) is 10.2. The van der Waals surface area contributed by atoms with Gasteiger partial charge in [-0.15, -0.1) is 0 Å². The van der Waals surface area contributed by atoms with Crippen LogP contribution in [0.1, 0.15) is 114 Å². The molecule has 0 N–H and O–H groups in total. The number of hydrogen-bond acceptors (Lipinski definition) is 5. The lowest BCUT2D eigenvalue weighted by molar-refractivity contribution is -0.162. The first-order chi connectivity index (χ1) is 22.0. The highest BCUT2D eigenvalue weighted by Crippen LogP contribution is 2.59. The Morgan fingerprint density at radius 2 is 1.49 bits per heavy atom. The van der Waals surface area contributed by atoms with Gasteiger partial charge in [-0.05, 0) is 143 Å². The molecule has 0 spiro atoms. The van der Waals surface area contributed by atoms with Crippen LogP contribution >= 0.6 is 0 Å². The number of carbonyl (C=O) groups is 1. The summed E-state index contributed by atoms with van der Waals surface area (Å²) in [5.74, 6) is 1.15. The number of hydrogen-bond donors (Lipinski definition) is 0. The molecular formula is C41H76O5Si3.